The van der Waals surface area contributed by atoms with Gasteiger partial charge in [-0.2, -0.15) is 0 Å². The van der Waals surface area contributed by atoms with E-state index in [1.165, 1.54) is 5.56 Å². The van der Waals surface area contributed by atoms with Crippen molar-refractivity contribution < 1.29 is 4.79 Å². The highest BCUT2D eigenvalue weighted by molar-refractivity contribution is 6.04. The molecule has 0 spiro atoms. The Morgan fingerprint density at radius 2 is 1.69 bits per heavy atom. The van der Waals surface area contributed by atoms with Crippen LogP contribution < -0.4 is 10.2 Å². The molecule has 0 aliphatic carbocycles. The van der Waals surface area contributed by atoms with E-state index in [2.05, 4.69) is 46.5 Å². The van der Waals surface area contributed by atoms with Crippen molar-refractivity contribution in [2.45, 2.75) is 20.4 Å². The standard InChI is InChI=1S/C21H22N4O/c1-15-9-11-17(12-10-15)14-22-20-13-19(23-16(2)24-20)21(26)25(3)18-7-5-4-6-8-18/h4-13H,14H2,1-3H3,(H,22,23,24). The molecule has 5 heteroatoms. The number of carbonyl (C=O) groups excluding carboxylic acids is 1. The summed E-state index contributed by atoms with van der Waals surface area (Å²) in [6.07, 6.45) is 0. The Morgan fingerprint density at radius 3 is 2.38 bits per heavy atom. The van der Waals surface area contributed by atoms with E-state index in [1.54, 1.807) is 24.9 Å². The number of hydrogen-bond donors (Lipinski definition) is 1. The highest BCUT2D eigenvalue weighted by Crippen LogP contribution is 2.16. The van der Waals surface area contributed by atoms with Gasteiger partial charge in [-0.05, 0) is 31.5 Å². The molecule has 0 unspecified atom stereocenters. The molecular formula is C21H22N4O. The Balaban J connectivity index is 1.76. The maximum Gasteiger partial charge on any atom is 0.276 e. The normalized spacial score (nSPS) is 10.4. The quantitative estimate of drug-likeness (QED) is 0.759. The van der Waals surface area contributed by atoms with E-state index in [0.717, 1.165) is 11.3 Å². The van der Waals surface area contributed by atoms with Crippen LogP contribution in [-0.2, 0) is 6.54 Å². The zero-order valence-electron chi connectivity index (χ0n) is 15.2. The molecule has 0 saturated heterocycles. The van der Waals surface area contributed by atoms with Gasteiger partial charge in [0.05, 0.1) is 0 Å². The van der Waals surface area contributed by atoms with Gasteiger partial charge in [0.25, 0.3) is 5.91 Å². The van der Waals surface area contributed by atoms with Crippen molar-refractivity contribution >= 4 is 17.4 Å². The fourth-order valence-corrected chi connectivity index (χ4v) is 2.61. The van der Waals surface area contributed by atoms with Crippen molar-refractivity contribution in [1.82, 2.24) is 9.97 Å². The van der Waals surface area contributed by atoms with Crippen LogP contribution in [0.15, 0.2) is 60.7 Å². The highest BCUT2D eigenvalue weighted by Gasteiger charge is 2.16. The van der Waals surface area contributed by atoms with Gasteiger partial charge in [0.15, 0.2) is 0 Å². The Kier molecular flexibility index (Phi) is 5.27. The zero-order chi connectivity index (χ0) is 18.5. The first-order valence-corrected chi connectivity index (χ1v) is 8.51. The van der Waals surface area contributed by atoms with E-state index in [9.17, 15) is 4.79 Å². The van der Waals surface area contributed by atoms with Crippen LogP contribution in [0.5, 0.6) is 0 Å². The van der Waals surface area contributed by atoms with Gasteiger partial charge in [-0.25, -0.2) is 9.97 Å². The molecule has 3 rings (SSSR count). The molecular weight excluding hydrogens is 324 g/mol. The van der Waals surface area contributed by atoms with E-state index in [-0.39, 0.29) is 5.91 Å². The number of carbonyl (C=O) groups is 1. The Hall–Kier alpha value is -3.21. The number of anilines is 2. The number of amides is 1. The second kappa shape index (κ2) is 7.78. The van der Waals surface area contributed by atoms with E-state index >= 15 is 0 Å². The largest absolute Gasteiger partial charge is 0.366 e. The lowest BCUT2D eigenvalue weighted by Crippen LogP contribution is -2.27. The third kappa shape index (κ3) is 4.25. The molecule has 5 nitrogen and oxygen atoms in total. The molecule has 1 amide bonds. The van der Waals surface area contributed by atoms with Gasteiger partial charge in [0, 0.05) is 25.3 Å². The predicted molar refractivity (Wildman–Crippen MR) is 104 cm³/mol. The lowest BCUT2D eigenvalue weighted by molar-refractivity contribution is 0.0988. The third-order valence-electron chi connectivity index (χ3n) is 4.10. The van der Waals surface area contributed by atoms with Crippen LogP contribution >= 0.6 is 0 Å². The number of hydrogen-bond acceptors (Lipinski definition) is 4. The average Bonchev–Trinajstić information content (AvgIpc) is 2.66. The second-order valence-corrected chi connectivity index (χ2v) is 6.22. The molecule has 0 aliphatic rings. The minimum absolute atomic E-state index is 0.167. The molecule has 0 fully saturated rings. The molecule has 0 radical (unpaired) electrons. The van der Waals surface area contributed by atoms with E-state index in [0.29, 0.717) is 23.9 Å². The van der Waals surface area contributed by atoms with E-state index in [1.807, 2.05) is 30.3 Å². The fourth-order valence-electron chi connectivity index (χ4n) is 2.61. The van der Waals surface area contributed by atoms with Crippen LogP contribution in [0.2, 0.25) is 0 Å². The maximum absolute atomic E-state index is 12.8. The lowest BCUT2D eigenvalue weighted by Gasteiger charge is -2.17. The van der Waals surface area contributed by atoms with Gasteiger partial charge in [0.2, 0.25) is 0 Å². The topological polar surface area (TPSA) is 58.1 Å². The van der Waals surface area contributed by atoms with E-state index < -0.39 is 0 Å². The summed E-state index contributed by atoms with van der Waals surface area (Å²) in [5, 5.41) is 3.27. The summed E-state index contributed by atoms with van der Waals surface area (Å²) < 4.78 is 0. The molecule has 26 heavy (non-hydrogen) atoms. The van der Waals surface area contributed by atoms with Crippen molar-refractivity contribution in [3.8, 4) is 0 Å². The fraction of sp³-hybridized carbons (Fsp3) is 0.190. The second-order valence-electron chi connectivity index (χ2n) is 6.22. The van der Waals surface area contributed by atoms with Crippen LogP contribution in [0.1, 0.15) is 27.4 Å². The molecule has 3 aromatic rings. The molecule has 0 atom stereocenters. The van der Waals surface area contributed by atoms with Gasteiger partial charge < -0.3 is 10.2 Å². The molecule has 1 aromatic heterocycles. The van der Waals surface area contributed by atoms with E-state index in [4.69, 9.17) is 0 Å². The number of para-hydroxylation sites is 1. The van der Waals surface area contributed by atoms with Crippen LogP contribution in [0.3, 0.4) is 0 Å². The summed E-state index contributed by atoms with van der Waals surface area (Å²) in [6, 6.07) is 19.5. The van der Waals surface area contributed by atoms with Crippen LogP contribution in [0.25, 0.3) is 0 Å². The molecule has 0 aliphatic heterocycles. The number of nitrogens with zero attached hydrogens (tertiary/aromatic N) is 3. The summed E-state index contributed by atoms with van der Waals surface area (Å²) in [4.78, 5) is 23.1. The summed E-state index contributed by atoms with van der Waals surface area (Å²) in [5.74, 6) is 1.03. The SMILES string of the molecule is Cc1ccc(CNc2cc(C(=O)N(C)c3ccccc3)nc(C)n2)cc1. The number of nitrogens with one attached hydrogen (secondary N) is 1. The van der Waals surface area contributed by atoms with Gasteiger partial charge >= 0.3 is 0 Å². The van der Waals surface area contributed by atoms with Gasteiger partial charge in [0.1, 0.15) is 17.3 Å². The van der Waals surface area contributed by atoms with Crippen molar-refractivity contribution in [3.63, 3.8) is 0 Å². The molecule has 1 heterocycles. The number of benzene rings is 2. The molecule has 0 saturated carbocycles. The first kappa shape index (κ1) is 17.6. The molecule has 2 aromatic carbocycles. The van der Waals surface area contributed by atoms with Gasteiger partial charge in [-0.3, -0.25) is 4.79 Å². The average molecular weight is 346 g/mol. The van der Waals surface area contributed by atoms with Crippen molar-refractivity contribution in [2.75, 3.05) is 17.3 Å². The first-order chi connectivity index (χ1) is 12.5. The first-order valence-electron chi connectivity index (χ1n) is 8.51. The summed E-state index contributed by atoms with van der Waals surface area (Å²) >= 11 is 0. The lowest BCUT2D eigenvalue weighted by atomic mass is 10.1. The van der Waals surface area contributed by atoms with Crippen LogP contribution in [-0.4, -0.2) is 22.9 Å². The number of rotatable bonds is 5. The monoisotopic (exact) mass is 346 g/mol. The predicted octanol–water partition coefficient (Wildman–Crippen LogP) is 3.98. The smallest absolute Gasteiger partial charge is 0.276 e. The Labute approximate surface area is 153 Å². The molecule has 132 valence electrons. The molecule has 1 N–H and O–H groups in total. The van der Waals surface area contributed by atoms with Crippen molar-refractivity contribution in [2.24, 2.45) is 0 Å². The van der Waals surface area contributed by atoms with Crippen molar-refractivity contribution in [1.29, 1.82) is 0 Å². The van der Waals surface area contributed by atoms with Gasteiger partial charge in [-0.15, -0.1) is 0 Å². The Bertz CT molecular complexity index is 892. The highest BCUT2D eigenvalue weighted by atomic mass is 16.2. The minimum Gasteiger partial charge on any atom is -0.366 e. The van der Waals surface area contributed by atoms with Crippen LogP contribution in [0.4, 0.5) is 11.5 Å². The summed E-state index contributed by atoms with van der Waals surface area (Å²) in [6.45, 7) is 4.49. The maximum atomic E-state index is 12.8. The minimum atomic E-state index is -0.167. The van der Waals surface area contributed by atoms with Gasteiger partial charge in [-0.1, -0.05) is 48.0 Å². The Morgan fingerprint density at radius 1 is 1.00 bits per heavy atom. The number of aryl methyl sites for hydroxylation is 2. The third-order valence-corrected chi connectivity index (χ3v) is 4.10. The van der Waals surface area contributed by atoms with Crippen LogP contribution in [0, 0.1) is 13.8 Å². The zero-order valence-corrected chi connectivity index (χ0v) is 15.2. The number of aromatic nitrogens is 2. The summed E-state index contributed by atoms with van der Waals surface area (Å²) in [5.41, 5.74) is 3.57. The molecule has 0 bridgehead atoms. The van der Waals surface area contributed by atoms with Crippen molar-refractivity contribution in [3.05, 3.63) is 83.3 Å². The summed E-state index contributed by atoms with van der Waals surface area (Å²) in [7, 11) is 1.74.